The Morgan fingerprint density at radius 3 is 1.94 bits per heavy atom. The molecule has 0 saturated carbocycles. The van der Waals surface area contributed by atoms with E-state index in [4.69, 9.17) is 0 Å². The van der Waals surface area contributed by atoms with Crippen LogP contribution in [0.1, 0.15) is 5.56 Å². The van der Waals surface area contributed by atoms with Crippen LogP contribution in [-0.2, 0) is 21.2 Å². The van der Waals surface area contributed by atoms with Crippen LogP contribution in [0.5, 0.6) is 0 Å². The van der Waals surface area contributed by atoms with Crippen molar-refractivity contribution in [2.75, 3.05) is 11.9 Å². The molecule has 3 rings (SSSR count). The lowest BCUT2D eigenvalue weighted by atomic mass is 10.0. The summed E-state index contributed by atoms with van der Waals surface area (Å²) in [6.07, 6.45) is 0.204. The Morgan fingerprint density at radius 1 is 0.839 bits per heavy atom. The number of urea groups is 1. The summed E-state index contributed by atoms with van der Waals surface area (Å²) >= 11 is 0. The molecule has 2 N–H and O–H groups in total. The Bertz CT molecular complexity index is 1120. The van der Waals surface area contributed by atoms with Gasteiger partial charge in [-0.3, -0.25) is 4.79 Å². The van der Waals surface area contributed by atoms with Gasteiger partial charge in [-0.05, 0) is 29.8 Å². The molecule has 0 aliphatic carbocycles. The number of nitrogens with one attached hydrogen (secondary N) is 2. The quantitative estimate of drug-likeness (QED) is 0.594. The fraction of sp³-hybridized carbons (Fsp3) is 0.130. The van der Waals surface area contributed by atoms with E-state index in [1.165, 1.54) is 17.0 Å². The molecule has 0 bridgehead atoms. The predicted octanol–water partition coefficient (Wildman–Crippen LogP) is 2.95. The Balaban J connectivity index is 1.79. The molecule has 3 aromatic carbocycles. The summed E-state index contributed by atoms with van der Waals surface area (Å²) in [4.78, 5) is 27.1. The van der Waals surface area contributed by atoms with Gasteiger partial charge in [0, 0.05) is 19.2 Å². The van der Waals surface area contributed by atoms with Crippen molar-refractivity contribution < 1.29 is 18.0 Å². The normalized spacial score (nSPS) is 11.9. The van der Waals surface area contributed by atoms with E-state index in [1.54, 1.807) is 49.5 Å². The molecule has 0 fully saturated rings. The number of likely N-dealkylation sites (N-methyl/N-ethyl adjacent to an activating group) is 1. The van der Waals surface area contributed by atoms with E-state index >= 15 is 0 Å². The first-order chi connectivity index (χ1) is 14.9. The van der Waals surface area contributed by atoms with Gasteiger partial charge in [-0.1, -0.05) is 66.7 Å². The minimum atomic E-state index is -4.06. The second kappa shape index (κ2) is 9.90. The average molecular weight is 438 g/mol. The van der Waals surface area contributed by atoms with Crippen molar-refractivity contribution in [1.29, 1.82) is 0 Å². The summed E-state index contributed by atoms with van der Waals surface area (Å²) in [5, 5.41) is 2.52. The average Bonchev–Trinajstić information content (AvgIpc) is 2.79. The van der Waals surface area contributed by atoms with Crippen molar-refractivity contribution in [1.82, 2.24) is 10.0 Å². The summed E-state index contributed by atoms with van der Waals surface area (Å²) in [5.74, 6) is -0.373. The van der Waals surface area contributed by atoms with Crippen LogP contribution in [0.2, 0.25) is 0 Å². The van der Waals surface area contributed by atoms with E-state index in [-0.39, 0.29) is 17.2 Å². The highest BCUT2D eigenvalue weighted by molar-refractivity contribution is 7.90. The van der Waals surface area contributed by atoms with Gasteiger partial charge >= 0.3 is 6.03 Å². The Hall–Kier alpha value is -3.65. The van der Waals surface area contributed by atoms with Crippen molar-refractivity contribution in [2.45, 2.75) is 17.4 Å². The van der Waals surface area contributed by atoms with Gasteiger partial charge in [0.2, 0.25) is 5.91 Å². The third kappa shape index (κ3) is 5.93. The van der Waals surface area contributed by atoms with Crippen molar-refractivity contribution in [2.24, 2.45) is 0 Å². The lowest BCUT2D eigenvalue weighted by Crippen LogP contribution is -2.52. The summed E-state index contributed by atoms with van der Waals surface area (Å²) in [7, 11) is -2.46. The number of amides is 3. The first kappa shape index (κ1) is 22.0. The van der Waals surface area contributed by atoms with Crippen LogP contribution in [-0.4, -0.2) is 33.4 Å². The molecule has 0 aliphatic heterocycles. The van der Waals surface area contributed by atoms with Gasteiger partial charge < -0.3 is 10.2 Å². The zero-order valence-corrected chi connectivity index (χ0v) is 17.7. The van der Waals surface area contributed by atoms with E-state index < -0.39 is 22.1 Å². The first-order valence-electron chi connectivity index (χ1n) is 9.62. The second-order valence-corrected chi connectivity index (χ2v) is 8.55. The van der Waals surface area contributed by atoms with Crippen LogP contribution in [0.15, 0.2) is 95.9 Å². The molecule has 31 heavy (non-hydrogen) atoms. The van der Waals surface area contributed by atoms with Gasteiger partial charge in [0.05, 0.1) is 4.90 Å². The second-order valence-electron chi connectivity index (χ2n) is 6.87. The van der Waals surface area contributed by atoms with Crippen LogP contribution in [0.4, 0.5) is 10.5 Å². The summed E-state index contributed by atoms with van der Waals surface area (Å²) in [6, 6.07) is 23.8. The van der Waals surface area contributed by atoms with Crippen LogP contribution in [0, 0.1) is 0 Å². The highest BCUT2D eigenvalue weighted by Crippen LogP contribution is 2.14. The zero-order chi connectivity index (χ0) is 22.3. The van der Waals surface area contributed by atoms with Gasteiger partial charge in [-0.15, -0.1) is 0 Å². The molecule has 0 heterocycles. The van der Waals surface area contributed by atoms with Crippen LogP contribution >= 0.6 is 0 Å². The number of hydrogen-bond donors (Lipinski definition) is 2. The van der Waals surface area contributed by atoms with E-state index in [0.717, 1.165) is 5.56 Å². The molecule has 0 unspecified atom stereocenters. The van der Waals surface area contributed by atoms with Gasteiger partial charge in [0.15, 0.2) is 0 Å². The monoisotopic (exact) mass is 437 g/mol. The Kier molecular flexibility index (Phi) is 7.04. The topological polar surface area (TPSA) is 95.6 Å². The fourth-order valence-corrected chi connectivity index (χ4v) is 3.97. The molecule has 0 aliphatic rings. The van der Waals surface area contributed by atoms with Gasteiger partial charge in [0.1, 0.15) is 6.04 Å². The molecule has 3 aromatic rings. The number of para-hydroxylation sites is 1. The van der Waals surface area contributed by atoms with E-state index in [2.05, 4.69) is 5.32 Å². The summed E-state index contributed by atoms with van der Waals surface area (Å²) < 4.78 is 26.9. The number of sulfonamides is 1. The third-order valence-electron chi connectivity index (χ3n) is 4.64. The van der Waals surface area contributed by atoms with Gasteiger partial charge in [-0.25, -0.2) is 17.9 Å². The number of rotatable bonds is 7. The van der Waals surface area contributed by atoms with Crippen LogP contribution in [0.25, 0.3) is 0 Å². The smallest absolute Gasteiger partial charge is 0.325 e. The Labute approximate surface area is 181 Å². The molecular weight excluding hydrogens is 414 g/mol. The van der Waals surface area contributed by atoms with E-state index in [1.807, 2.05) is 41.1 Å². The summed E-state index contributed by atoms with van der Waals surface area (Å²) in [5.41, 5.74) is 1.48. The zero-order valence-electron chi connectivity index (χ0n) is 16.9. The van der Waals surface area contributed by atoms with Crippen molar-refractivity contribution >= 4 is 27.6 Å². The SMILES string of the molecule is CN(C(=O)[C@H](Cc1ccccc1)NC(=O)NS(=O)(=O)c1ccccc1)c1ccccc1. The molecule has 0 radical (unpaired) electrons. The van der Waals surface area contributed by atoms with Crippen LogP contribution < -0.4 is 14.9 Å². The molecule has 160 valence electrons. The number of anilines is 1. The highest BCUT2D eigenvalue weighted by atomic mass is 32.2. The molecule has 0 saturated heterocycles. The third-order valence-corrected chi connectivity index (χ3v) is 5.99. The van der Waals surface area contributed by atoms with Gasteiger partial charge in [-0.2, -0.15) is 0 Å². The molecule has 8 heteroatoms. The molecule has 0 spiro atoms. The fourth-order valence-electron chi connectivity index (χ4n) is 3.03. The van der Waals surface area contributed by atoms with Crippen molar-refractivity contribution in [3.63, 3.8) is 0 Å². The number of benzene rings is 3. The number of carbonyl (C=O) groups excluding carboxylic acids is 2. The standard InChI is InChI=1S/C23H23N3O4S/c1-26(19-13-7-3-8-14-19)22(27)21(17-18-11-5-2-6-12-18)24-23(28)25-31(29,30)20-15-9-4-10-16-20/h2-16,21H,17H2,1H3,(H2,24,25,28)/t21-/m0/s1. The maximum absolute atomic E-state index is 13.2. The van der Waals surface area contributed by atoms with E-state index in [9.17, 15) is 18.0 Å². The maximum atomic E-state index is 13.2. The highest BCUT2D eigenvalue weighted by Gasteiger charge is 2.27. The Morgan fingerprint density at radius 2 is 1.35 bits per heavy atom. The van der Waals surface area contributed by atoms with E-state index in [0.29, 0.717) is 5.69 Å². The first-order valence-corrected chi connectivity index (χ1v) is 11.1. The van der Waals surface area contributed by atoms with Gasteiger partial charge in [0.25, 0.3) is 10.0 Å². The van der Waals surface area contributed by atoms with Crippen molar-refractivity contribution in [3.05, 3.63) is 96.6 Å². The lowest BCUT2D eigenvalue weighted by Gasteiger charge is -2.25. The summed E-state index contributed by atoms with van der Waals surface area (Å²) in [6.45, 7) is 0. The number of carbonyl (C=O) groups is 2. The molecule has 1 atom stereocenters. The predicted molar refractivity (Wildman–Crippen MR) is 119 cm³/mol. The van der Waals surface area contributed by atoms with Crippen LogP contribution in [0.3, 0.4) is 0 Å². The van der Waals surface area contributed by atoms with Crippen molar-refractivity contribution in [3.8, 4) is 0 Å². The largest absolute Gasteiger partial charge is 0.329 e. The maximum Gasteiger partial charge on any atom is 0.329 e. The molecule has 0 aromatic heterocycles. The molecule has 7 nitrogen and oxygen atoms in total. The number of hydrogen-bond acceptors (Lipinski definition) is 4. The number of nitrogens with zero attached hydrogens (tertiary/aromatic N) is 1. The minimum absolute atomic E-state index is 0.0440. The lowest BCUT2D eigenvalue weighted by molar-refractivity contribution is -0.120. The minimum Gasteiger partial charge on any atom is -0.325 e. The molecular formula is C23H23N3O4S. The molecule has 3 amide bonds.